The van der Waals surface area contributed by atoms with Crippen molar-refractivity contribution in [3.8, 4) is 0 Å². The molecule has 0 bridgehead atoms. The van der Waals surface area contributed by atoms with Crippen LogP contribution in [0.15, 0.2) is 11.1 Å². The van der Waals surface area contributed by atoms with Crippen LogP contribution < -0.4 is 10.6 Å². The Bertz CT molecular complexity index is 562. The van der Waals surface area contributed by atoms with Gasteiger partial charge in [0.25, 0.3) is 0 Å². The molecule has 1 aromatic rings. The largest absolute Gasteiger partial charge is 0.395 e. The van der Waals surface area contributed by atoms with Crippen LogP contribution >= 0.6 is 12.4 Å². The molecule has 9 heteroatoms. The van der Waals surface area contributed by atoms with Crippen LogP contribution in [0.4, 0.5) is 5.95 Å². The highest BCUT2D eigenvalue weighted by Gasteiger charge is 2.25. The topological polar surface area (TPSA) is 104 Å². The van der Waals surface area contributed by atoms with Gasteiger partial charge in [-0.1, -0.05) is 0 Å². The Morgan fingerprint density at radius 3 is 2.86 bits per heavy atom. The van der Waals surface area contributed by atoms with Gasteiger partial charge in [-0.3, -0.25) is 0 Å². The molecule has 1 aromatic heterocycles. The second-order valence-corrected chi connectivity index (χ2v) is 6.89. The zero-order chi connectivity index (χ0) is 14.6. The van der Waals surface area contributed by atoms with Crippen LogP contribution in [0.1, 0.15) is 24.5 Å². The molecule has 0 aromatic carbocycles. The van der Waals surface area contributed by atoms with Gasteiger partial charge in [-0.05, 0) is 19.4 Å². The van der Waals surface area contributed by atoms with Crippen molar-refractivity contribution < 1.29 is 13.5 Å². The Hall–Kier alpha value is -0.960. The van der Waals surface area contributed by atoms with Crippen LogP contribution in [0, 0.1) is 0 Å². The van der Waals surface area contributed by atoms with E-state index in [1.807, 2.05) is 0 Å². The fourth-order valence-corrected chi connectivity index (χ4v) is 3.14. The lowest BCUT2D eigenvalue weighted by Gasteiger charge is -2.24. The lowest BCUT2D eigenvalue weighted by Crippen LogP contribution is -2.30. The van der Waals surface area contributed by atoms with Crippen molar-refractivity contribution in [3.63, 3.8) is 0 Å². The number of piperidine rings is 1. The van der Waals surface area contributed by atoms with Crippen LogP contribution in [-0.4, -0.2) is 56.0 Å². The highest BCUT2D eigenvalue weighted by atomic mass is 35.5. The number of hydrogen-bond acceptors (Lipinski definition) is 7. The van der Waals surface area contributed by atoms with E-state index < -0.39 is 9.84 Å². The summed E-state index contributed by atoms with van der Waals surface area (Å²) in [7, 11) is -3.35. The molecule has 1 fully saturated rings. The summed E-state index contributed by atoms with van der Waals surface area (Å²) >= 11 is 0. The fourth-order valence-electron chi connectivity index (χ4n) is 2.30. The first kappa shape index (κ1) is 18.1. The van der Waals surface area contributed by atoms with E-state index in [9.17, 15) is 8.42 Å². The van der Waals surface area contributed by atoms with Crippen molar-refractivity contribution in [2.75, 3.05) is 37.8 Å². The number of aliphatic hydroxyl groups excluding tert-OH is 1. The Balaban J connectivity index is 0.00000220. The maximum absolute atomic E-state index is 11.9. The summed E-state index contributed by atoms with van der Waals surface area (Å²) in [4.78, 5) is 8.55. The Morgan fingerprint density at radius 1 is 1.52 bits per heavy atom. The van der Waals surface area contributed by atoms with Crippen molar-refractivity contribution in [2.24, 2.45) is 0 Å². The van der Waals surface area contributed by atoms with E-state index in [0.29, 0.717) is 18.2 Å². The Labute approximate surface area is 130 Å². The maximum atomic E-state index is 11.9. The van der Waals surface area contributed by atoms with Crippen molar-refractivity contribution in [1.29, 1.82) is 0 Å². The summed E-state index contributed by atoms with van der Waals surface area (Å²) in [6.45, 7) is 1.97. The van der Waals surface area contributed by atoms with Gasteiger partial charge in [0.2, 0.25) is 5.95 Å². The quantitative estimate of drug-likeness (QED) is 0.704. The molecule has 120 valence electrons. The predicted octanol–water partition coefficient (Wildman–Crippen LogP) is 0.173. The normalized spacial score (nSPS) is 18.9. The third-order valence-electron chi connectivity index (χ3n) is 3.26. The SMILES string of the molecule is CS(=O)(=O)c1cnc(NCCO)nc1C1CCCNC1.Cl. The summed E-state index contributed by atoms with van der Waals surface area (Å²) in [6.07, 6.45) is 4.43. The van der Waals surface area contributed by atoms with Gasteiger partial charge >= 0.3 is 0 Å². The van der Waals surface area contributed by atoms with Crippen LogP contribution in [-0.2, 0) is 9.84 Å². The molecule has 0 saturated carbocycles. The molecule has 2 rings (SSSR count). The lowest BCUT2D eigenvalue weighted by atomic mass is 9.96. The molecule has 0 radical (unpaired) electrons. The highest BCUT2D eigenvalue weighted by molar-refractivity contribution is 7.90. The number of nitrogens with one attached hydrogen (secondary N) is 2. The Kier molecular flexibility index (Phi) is 6.79. The van der Waals surface area contributed by atoms with E-state index in [1.54, 1.807) is 0 Å². The van der Waals surface area contributed by atoms with Crippen LogP contribution in [0.5, 0.6) is 0 Å². The minimum absolute atomic E-state index is 0. The number of hydrogen-bond donors (Lipinski definition) is 3. The van der Waals surface area contributed by atoms with E-state index >= 15 is 0 Å². The molecule has 7 nitrogen and oxygen atoms in total. The molecule has 1 saturated heterocycles. The van der Waals surface area contributed by atoms with Crippen LogP contribution in [0.3, 0.4) is 0 Å². The first-order chi connectivity index (χ1) is 9.52. The molecule has 3 N–H and O–H groups in total. The predicted molar refractivity (Wildman–Crippen MR) is 82.8 cm³/mol. The minimum Gasteiger partial charge on any atom is -0.395 e. The second-order valence-electron chi connectivity index (χ2n) is 4.91. The standard InChI is InChI=1S/C12H20N4O3S.ClH/c1-20(18,19)10-8-15-12(14-5-6-17)16-11(10)9-3-2-4-13-7-9;/h8-9,13,17H,2-7H2,1H3,(H,14,15,16);1H. The summed E-state index contributed by atoms with van der Waals surface area (Å²) in [5, 5.41) is 14.9. The fraction of sp³-hybridized carbons (Fsp3) is 0.667. The molecule has 21 heavy (non-hydrogen) atoms. The minimum atomic E-state index is -3.35. The van der Waals surface area contributed by atoms with Gasteiger partial charge < -0.3 is 15.7 Å². The number of aromatic nitrogens is 2. The van der Waals surface area contributed by atoms with E-state index in [0.717, 1.165) is 25.9 Å². The van der Waals surface area contributed by atoms with Gasteiger partial charge in [-0.25, -0.2) is 18.4 Å². The average Bonchev–Trinajstić information content (AvgIpc) is 2.44. The van der Waals surface area contributed by atoms with Crippen molar-refractivity contribution in [1.82, 2.24) is 15.3 Å². The number of sulfone groups is 1. The number of nitrogens with zero attached hydrogens (tertiary/aromatic N) is 2. The summed E-state index contributed by atoms with van der Waals surface area (Å²) in [5.41, 5.74) is 0.565. The van der Waals surface area contributed by atoms with Gasteiger partial charge in [0.1, 0.15) is 4.90 Å². The van der Waals surface area contributed by atoms with Crippen LogP contribution in [0.2, 0.25) is 0 Å². The van der Waals surface area contributed by atoms with Crippen LogP contribution in [0.25, 0.3) is 0 Å². The van der Waals surface area contributed by atoms with Crippen molar-refractivity contribution >= 4 is 28.2 Å². The van der Waals surface area contributed by atoms with Gasteiger partial charge in [-0.15, -0.1) is 12.4 Å². The molecule has 2 heterocycles. The van der Waals surface area contributed by atoms with E-state index in [1.165, 1.54) is 12.5 Å². The third-order valence-corrected chi connectivity index (χ3v) is 4.37. The molecule has 0 aliphatic carbocycles. The van der Waals surface area contributed by atoms with Gasteiger partial charge in [-0.2, -0.15) is 0 Å². The molecule has 0 spiro atoms. The molecule has 0 amide bonds. The van der Waals surface area contributed by atoms with E-state index in [4.69, 9.17) is 5.11 Å². The summed E-state index contributed by atoms with van der Waals surface area (Å²) < 4.78 is 23.7. The first-order valence-corrected chi connectivity index (χ1v) is 8.54. The van der Waals surface area contributed by atoms with Crippen molar-refractivity contribution in [3.05, 3.63) is 11.9 Å². The number of aliphatic hydroxyl groups is 1. The summed E-state index contributed by atoms with van der Waals surface area (Å²) in [6, 6.07) is 0. The number of anilines is 1. The molecular formula is C12H21ClN4O3S. The molecule has 1 unspecified atom stereocenters. The third kappa shape index (κ3) is 4.77. The molecular weight excluding hydrogens is 316 g/mol. The Morgan fingerprint density at radius 2 is 2.29 bits per heavy atom. The summed E-state index contributed by atoms with van der Waals surface area (Å²) in [5.74, 6) is 0.429. The maximum Gasteiger partial charge on any atom is 0.223 e. The zero-order valence-electron chi connectivity index (χ0n) is 11.9. The monoisotopic (exact) mass is 336 g/mol. The van der Waals surface area contributed by atoms with Gasteiger partial charge in [0.15, 0.2) is 9.84 Å². The lowest BCUT2D eigenvalue weighted by molar-refractivity contribution is 0.310. The van der Waals surface area contributed by atoms with Crippen molar-refractivity contribution in [2.45, 2.75) is 23.7 Å². The molecule has 1 atom stereocenters. The molecule has 1 aliphatic rings. The first-order valence-electron chi connectivity index (χ1n) is 6.65. The van der Waals surface area contributed by atoms with E-state index in [2.05, 4.69) is 20.6 Å². The van der Waals surface area contributed by atoms with Gasteiger partial charge in [0.05, 0.1) is 18.5 Å². The molecule has 1 aliphatic heterocycles. The zero-order valence-corrected chi connectivity index (χ0v) is 13.5. The number of halogens is 1. The number of rotatable bonds is 5. The smallest absolute Gasteiger partial charge is 0.223 e. The highest BCUT2D eigenvalue weighted by Crippen LogP contribution is 2.27. The van der Waals surface area contributed by atoms with Gasteiger partial charge in [0, 0.05) is 25.3 Å². The average molecular weight is 337 g/mol. The van der Waals surface area contributed by atoms with E-state index in [-0.39, 0.29) is 29.8 Å². The second kappa shape index (κ2) is 7.88.